The molecular weight excluding hydrogens is 292 g/mol. The summed E-state index contributed by atoms with van der Waals surface area (Å²) < 4.78 is 0. The van der Waals surface area contributed by atoms with Crippen LogP contribution in [0, 0.1) is 12.8 Å². The van der Waals surface area contributed by atoms with Gasteiger partial charge in [-0.25, -0.2) is 0 Å². The molecule has 2 N–H and O–H groups in total. The van der Waals surface area contributed by atoms with Gasteiger partial charge in [0, 0.05) is 17.3 Å². The lowest BCUT2D eigenvalue weighted by molar-refractivity contribution is -0.138. The molecule has 1 amide bonds. The van der Waals surface area contributed by atoms with Crippen molar-refractivity contribution in [3.63, 3.8) is 0 Å². The van der Waals surface area contributed by atoms with Crippen LogP contribution in [0.1, 0.15) is 18.4 Å². The maximum Gasteiger partial charge on any atom is 0.317 e. The number of hydrogen-bond donors (Lipinski definition) is 2. The first kappa shape index (κ1) is 15.8. The van der Waals surface area contributed by atoms with Crippen molar-refractivity contribution in [2.75, 3.05) is 25.0 Å². The average molecular weight is 311 g/mol. The van der Waals surface area contributed by atoms with E-state index in [4.69, 9.17) is 16.7 Å². The zero-order valence-corrected chi connectivity index (χ0v) is 12.7. The predicted molar refractivity (Wildman–Crippen MR) is 81.6 cm³/mol. The molecule has 0 unspecified atom stereocenters. The number of carboxylic acids is 1. The van der Waals surface area contributed by atoms with Gasteiger partial charge in [-0.15, -0.1) is 0 Å². The fraction of sp³-hybridized carbons (Fsp3) is 0.467. The number of nitrogens with one attached hydrogen (secondary N) is 1. The lowest BCUT2D eigenvalue weighted by atomic mass is 10.2. The summed E-state index contributed by atoms with van der Waals surface area (Å²) in [6.45, 7) is 2.51. The number of carbonyl (C=O) groups excluding carboxylic acids is 1. The Morgan fingerprint density at radius 1 is 1.38 bits per heavy atom. The third-order valence-corrected chi connectivity index (χ3v) is 3.64. The lowest BCUT2D eigenvalue weighted by Crippen LogP contribution is -2.38. The fourth-order valence-electron chi connectivity index (χ4n) is 2.20. The van der Waals surface area contributed by atoms with Gasteiger partial charge < -0.3 is 10.4 Å². The summed E-state index contributed by atoms with van der Waals surface area (Å²) in [6.07, 6.45) is 2.24. The van der Waals surface area contributed by atoms with E-state index >= 15 is 0 Å². The first-order chi connectivity index (χ1) is 9.94. The highest BCUT2D eigenvalue weighted by molar-refractivity contribution is 6.30. The SMILES string of the molecule is Cc1cc(Cl)ccc1NC(=O)CN(CC(=O)O)CC1CC1. The molecule has 1 fully saturated rings. The van der Waals surface area contributed by atoms with Crippen molar-refractivity contribution < 1.29 is 14.7 Å². The Labute approximate surface area is 128 Å². The van der Waals surface area contributed by atoms with Gasteiger partial charge >= 0.3 is 5.97 Å². The summed E-state index contributed by atoms with van der Waals surface area (Å²) in [4.78, 5) is 24.6. The van der Waals surface area contributed by atoms with Crippen LogP contribution in [0.25, 0.3) is 0 Å². The van der Waals surface area contributed by atoms with E-state index in [-0.39, 0.29) is 19.0 Å². The molecule has 0 aromatic heterocycles. The quantitative estimate of drug-likeness (QED) is 0.811. The summed E-state index contributed by atoms with van der Waals surface area (Å²) >= 11 is 5.87. The van der Waals surface area contributed by atoms with Crippen molar-refractivity contribution in [1.29, 1.82) is 0 Å². The van der Waals surface area contributed by atoms with Crippen molar-refractivity contribution in [3.05, 3.63) is 28.8 Å². The molecule has 0 heterocycles. The zero-order valence-electron chi connectivity index (χ0n) is 11.9. The molecule has 0 bridgehead atoms. The van der Waals surface area contributed by atoms with Gasteiger partial charge in [-0.2, -0.15) is 0 Å². The summed E-state index contributed by atoms with van der Waals surface area (Å²) in [5.74, 6) is -0.581. The van der Waals surface area contributed by atoms with Crippen molar-refractivity contribution in [3.8, 4) is 0 Å². The van der Waals surface area contributed by atoms with Gasteiger partial charge in [-0.1, -0.05) is 11.6 Å². The number of amides is 1. The Kier molecular flexibility index (Phi) is 5.20. The van der Waals surface area contributed by atoms with E-state index < -0.39 is 5.97 Å². The van der Waals surface area contributed by atoms with Crippen molar-refractivity contribution in [2.24, 2.45) is 5.92 Å². The Bertz CT molecular complexity index is 544. The van der Waals surface area contributed by atoms with Crippen LogP contribution in [0.5, 0.6) is 0 Å². The second-order valence-electron chi connectivity index (χ2n) is 5.51. The molecule has 1 aromatic carbocycles. The summed E-state index contributed by atoms with van der Waals surface area (Å²) in [5.41, 5.74) is 1.58. The Morgan fingerprint density at radius 3 is 2.67 bits per heavy atom. The number of hydrogen-bond acceptors (Lipinski definition) is 3. The minimum absolute atomic E-state index is 0.0882. The predicted octanol–water partition coefficient (Wildman–Crippen LogP) is 2.38. The van der Waals surface area contributed by atoms with Crippen LogP contribution >= 0.6 is 11.6 Å². The minimum Gasteiger partial charge on any atom is -0.480 e. The average Bonchev–Trinajstić information content (AvgIpc) is 3.15. The van der Waals surface area contributed by atoms with Crippen LogP contribution in [-0.2, 0) is 9.59 Å². The number of anilines is 1. The van der Waals surface area contributed by atoms with Crippen LogP contribution in [-0.4, -0.2) is 41.5 Å². The molecule has 0 saturated heterocycles. The van der Waals surface area contributed by atoms with Gasteiger partial charge in [0.2, 0.25) is 5.91 Å². The number of carboxylic acid groups (broad SMARTS) is 1. The second-order valence-corrected chi connectivity index (χ2v) is 5.95. The molecule has 0 spiro atoms. The molecule has 0 aliphatic heterocycles. The Hall–Kier alpha value is -1.59. The van der Waals surface area contributed by atoms with Gasteiger partial charge in [-0.05, 0) is 49.4 Å². The smallest absolute Gasteiger partial charge is 0.317 e. The van der Waals surface area contributed by atoms with Gasteiger partial charge in [0.1, 0.15) is 0 Å². The van der Waals surface area contributed by atoms with Gasteiger partial charge in [-0.3, -0.25) is 14.5 Å². The fourth-order valence-corrected chi connectivity index (χ4v) is 2.43. The van der Waals surface area contributed by atoms with Gasteiger partial charge in [0.15, 0.2) is 0 Å². The van der Waals surface area contributed by atoms with E-state index in [1.165, 1.54) is 0 Å². The monoisotopic (exact) mass is 310 g/mol. The minimum atomic E-state index is -0.911. The molecule has 1 aromatic rings. The van der Waals surface area contributed by atoms with Crippen LogP contribution in [0.3, 0.4) is 0 Å². The number of benzene rings is 1. The molecule has 0 radical (unpaired) electrons. The lowest BCUT2D eigenvalue weighted by Gasteiger charge is -2.19. The maximum atomic E-state index is 12.1. The molecule has 1 saturated carbocycles. The van der Waals surface area contributed by atoms with Crippen LogP contribution < -0.4 is 5.32 Å². The van der Waals surface area contributed by atoms with Crippen molar-refractivity contribution in [2.45, 2.75) is 19.8 Å². The molecule has 5 nitrogen and oxygen atoms in total. The number of halogens is 1. The number of nitrogens with zero attached hydrogens (tertiary/aromatic N) is 1. The summed E-state index contributed by atoms with van der Waals surface area (Å²) in [6, 6.07) is 5.23. The molecule has 21 heavy (non-hydrogen) atoms. The summed E-state index contributed by atoms with van der Waals surface area (Å²) in [7, 11) is 0. The molecule has 1 aliphatic carbocycles. The van der Waals surface area contributed by atoms with E-state index in [1.54, 1.807) is 23.1 Å². The van der Waals surface area contributed by atoms with Crippen LogP contribution in [0.4, 0.5) is 5.69 Å². The third kappa shape index (κ3) is 5.36. The largest absolute Gasteiger partial charge is 0.480 e. The second kappa shape index (κ2) is 6.91. The molecule has 0 atom stereocenters. The molecule has 6 heteroatoms. The van der Waals surface area contributed by atoms with Crippen LogP contribution in [0.2, 0.25) is 5.02 Å². The van der Waals surface area contributed by atoms with Crippen LogP contribution in [0.15, 0.2) is 18.2 Å². The van der Waals surface area contributed by atoms with Crippen molar-refractivity contribution >= 4 is 29.2 Å². The highest BCUT2D eigenvalue weighted by Gasteiger charge is 2.26. The van der Waals surface area contributed by atoms with E-state index in [0.29, 0.717) is 23.2 Å². The highest BCUT2D eigenvalue weighted by Crippen LogP contribution is 2.29. The Balaban J connectivity index is 1.92. The van der Waals surface area contributed by atoms with Gasteiger partial charge in [0.05, 0.1) is 13.1 Å². The standard InChI is InChI=1S/C15H19ClN2O3/c1-10-6-12(16)4-5-13(10)17-14(19)8-18(9-15(20)21)7-11-2-3-11/h4-6,11H,2-3,7-9H2,1H3,(H,17,19)(H,20,21). The third-order valence-electron chi connectivity index (χ3n) is 3.40. The van der Waals surface area contributed by atoms with E-state index in [0.717, 1.165) is 18.4 Å². The van der Waals surface area contributed by atoms with E-state index in [2.05, 4.69) is 5.32 Å². The zero-order chi connectivity index (χ0) is 15.4. The Morgan fingerprint density at radius 2 is 2.10 bits per heavy atom. The number of carbonyl (C=O) groups is 2. The van der Waals surface area contributed by atoms with E-state index in [1.807, 2.05) is 6.92 Å². The number of aryl methyl sites for hydroxylation is 1. The maximum absolute atomic E-state index is 12.1. The molecule has 114 valence electrons. The molecule has 1 aliphatic rings. The highest BCUT2D eigenvalue weighted by atomic mass is 35.5. The van der Waals surface area contributed by atoms with Crippen molar-refractivity contribution in [1.82, 2.24) is 4.90 Å². The van der Waals surface area contributed by atoms with Gasteiger partial charge in [0.25, 0.3) is 0 Å². The first-order valence-electron chi connectivity index (χ1n) is 6.94. The number of rotatable bonds is 7. The normalized spacial score (nSPS) is 14.2. The molecular formula is C15H19ClN2O3. The first-order valence-corrected chi connectivity index (χ1v) is 7.32. The summed E-state index contributed by atoms with van der Waals surface area (Å²) in [5, 5.41) is 12.3. The van der Waals surface area contributed by atoms with E-state index in [9.17, 15) is 9.59 Å². The topological polar surface area (TPSA) is 69.6 Å². The molecule has 2 rings (SSSR count). The number of aliphatic carboxylic acids is 1.